The molecule has 0 unspecified atom stereocenters. The third-order valence-electron chi connectivity index (χ3n) is 6.99. The minimum Gasteiger partial charge on any atom is -0.493 e. The number of hydrogen-bond acceptors (Lipinski definition) is 7. The highest BCUT2D eigenvalue weighted by Gasteiger charge is 2.29. The summed E-state index contributed by atoms with van der Waals surface area (Å²) in [5.41, 5.74) is 4.98. The molecule has 2 heterocycles. The zero-order valence-electron chi connectivity index (χ0n) is 22.4. The lowest BCUT2D eigenvalue weighted by Crippen LogP contribution is -2.45. The minimum absolute atomic E-state index is 0.0988. The van der Waals surface area contributed by atoms with Crippen molar-refractivity contribution in [2.75, 3.05) is 37.4 Å². The van der Waals surface area contributed by atoms with Crippen LogP contribution in [0.1, 0.15) is 24.8 Å². The summed E-state index contributed by atoms with van der Waals surface area (Å²) in [6, 6.07) is 16.6. The summed E-state index contributed by atoms with van der Waals surface area (Å²) < 4.78 is 5.96. The Morgan fingerprint density at radius 3 is 2.97 bits per heavy atom. The summed E-state index contributed by atoms with van der Waals surface area (Å²) in [7, 11) is 2.12. The monoisotopic (exact) mass is 524 g/mol. The van der Waals surface area contributed by atoms with Gasteiger partial charge in [0, 0.05) is 48.8 Å². The zero-order chi connectivity index (χ0) is 27.0. The average molecular weight is 525 g/mol. The second kappa shape index (κ2) is 12.6. The molecule has 5 rings (SSSR count). The molecule has 1 aliphatic heterocycles. The largest absolute Gasteiger partial charge is 0.493 e. The molecule has 2 aliphatic rings. The van der Waals surface area contributed by atoms with Crippen LogP contribution < -0.4 is 20.7 Å². The van der Waals surface area contributed by atoms with Crippen molar-refractivity contribution in [1.82, 2.24) is 20.2 Å². The Bertz CT molecular complexity index is 1330. The van der Waals surface area contributed by atoms with Gasteiger partial charge in [0.25, 0.3) is 0 Å². The highest BCUT2D eigenvalue weighted by Crippen LogP contribution is 2.29. The molecule has 8 heteroatoms. The number of fused-ring (bicyclic) bond motifs is 7. The number of carbonyl (C=O) groups excluding carboxylic acids is 1. The number of nitrogens with one attached hydrogen (secondary N) is 3. The number of ether oxygens (including phenoxy) is 1. The van der Waals surface area contributed by atoms with E-state index in [2.05, 4.69) is 69.8 Å². The summed E-state index contributed by atoms with van der Waals surface area (Å²) in [4.78, 5) is 23.1. The number of likely N-dealkylation sites (N-methyl/N-ethyl adjacent to an activating group) is 1. The van der Waals surface area contributed by atoms with Gasteiger partial charge in [-0.1, -0.05) is 30.9 Å². The van der Waals surface area contributed by atoms with E-state index in [1.807, 2.05) is 30.3 Å². The number of hydrogen-bond donors (Lipinski definition) is 3. The second-order valence-corrected chi connectivity index (χ2v) is 10.3. The first-order chi connectivity index (χ1) is 19.0. The number of benzene rings is 2. The van der Waals surface area contributed by atoms with Gasteiger partial charge in [0.2, 0.25) is 11.9 Å². The highest BCUT2D eigenvalue weighted by atomic mass is 16.5. The second-order valence-electron chi connectivity index (χ2n) is 10.3. The first kappa shape index (κ1) is 26.4. The van der Waals surface area contributed by atoms with Crippen molar-refractivity contribution in [2.45, 2.75) is 31.8 Å². The lowest BCUT2D eigenvalue weighted by atomic mass is 9.80. The summed E-state index contributed by atoms with van der Waals surface area (Å²) in [5.74, 6) is 1.79. The van der Waals surface area contributed by atoms with E-state index in [1.54, 1.807) is 6.20 Å². The maximum Gasteiger partial charge on any atom is 0.243 e. The van der Waals surface area contributed by atoms with Crippen LogP contribution in [0.3, 0.4) is 0 Å². The van der Waals surface area contributed by atoms with E-state index < -0.39 is 0 Å². The molecule has 0 saturated heterocycles. The van der Waals surface area contributed by atoms with E-state index >= 15 is 0 Å². The molecule has 1 aromatic heterocycles. The first-order valence-corrected chi connectivity index (χ1v) is 13.5. The first-order valence-electron chi connectivity index (χ1n) is 13.5. The molecule has 0 spiro atoms. The van der Waals surface area contributed by atoms with Gasteiger partial charge in [0.1, 0.15) is 5.75 Å². The molecule has 1 saturated carbocycles. The fraction of sp³-hybridized carbons (Fsp3) is 0.323. The van der Waals surface area contributed by atoms with Crippen molar-refractivity contribution >= 4 is 23.2 Å². The topological polar surface area (TPSA) is 91.4 Å². The zero-order valence-corrected chi connectivity index (χ0v) is 22.4. The average Bonchev–Trinajstić information content (AvgIpc) is 2.91. The molecular formula is C31H36N6O2. The van der Waals surface area contributed by atoms with E-state index in [4.69, 9.17) is 9.72 Å². The van der Waals surface area contributed by atoms with E-state index in [0.717, 1.165) is 67.3 Å². The van der Waals surface area contributed by atoms with Gasteiger partial charge in [-0.3, -0.25) is 9.69 Å². The Morgan fingerprint density at radius 1 is 1.21 bits per heavy atom. The van der Waals surface area contributed by atoms with Crippen LogP contribution in [0.15, 0.2) is 79.5 Å². The third-order valence-corrected chi connectivity index (χ3v) is 6.99. The van der Waals surface area contributed by atoms with Crippen LogP contribution in [0.2, 0.25) is 0 Å². The lowest BCUT2D eigenvalue weighted by molar-refractivity contribution is -0.117. The molecule has 3 aromatic rings. The Kier molecular flexibility index (Phi) is 8.53. The van der Waals surface area contributed by atoms with Gasteiger partial charge in [-0.25, -0.2) is 9.97 Å². The number of rotatable bonds is 5. The van der Waals surface area contributed by atoms with Crippen molar-refractivity contribution < 1.29 is 9.53 Å². The van der Waals surface area contributed by atoms with E-state index in [-0.39, 0.29) is 11.9 Å². The van der Waals surface area contributed by atoms with Crippen LogP contribution in [0.25, 0.3) is 11.3 Å². The molecule has 8 nitrogen and oxygen atoms in total. The quantitative estimate of drug-likeness (QED) is 0.314. The number of carbonyl (C=O) groups is 1. The third kappa shape index (κ3) is 7.45. The van der Waals surface area contributed by atoms with Crippen LogP contribution in [-0.2, 0) is 11.3 Å². The number of aromatic nitrogens is 2. The van der Waals surface area contributed by atoms with Crippen LogP contribution in [-0.4, -0.2) is 53.6 Å². The van der Waals surface area contributed by atoms with Gasteiger partial charge in [-0.2, -0.15) is 0 Å². The van der Waals surface area contributed by atoms with Crippen molar-refractivity contribution in [3.63, 3.8) is 0 Å². The van der Waals surface area contributed by atoms with Gasteiger partial charge in [-0.15, -0.1) is 0 Å². The molecule has 1 aliphatic carbocycles. The maximum atomic E-state index is 11.5. The normalized spacial score (nSPS) is 20.1. The van der Waals surface area contributed by atoms with Crippen molar-refractivity contribution in [1.29, 1.82) is 0 Å². The lowest BCUT2D eigenvalue weighted by Gasteiger charge is -2.36. The fourth-order valence-electron chi connectivity index (χ4n) is 4.95. The molecule has 202 valence electrons. The Labute approximate surface area is 230 Å². The molecule has 2 aromatic carbocycles. The molecule has 6 bridgehead atoms. The fourth-order valence-corrected chi connectivity index (χ4v) is 4.95. The van der Waals surface area contributed by atoms with Crippen LogP contribution in [0.4, 0.5) is 17.3 Å². The van der Waals surface area contributed by atoms with E-state index in [9.17, 15) is 4.79 Å². The summed E-state index contributed by atoms with van der Waals surface area (Å²) in [6.45, 7) is 6.66. The summed E-state index contributed by atoms with van der Waals surface area (Å²) >= 11 is 0. The van der Waals surface area contributed by atoms with Crippen LogP contribution >= 0.6 is 0 Å². The van der Waals surface area contributed by atoms with Gasteiger partial charge in [0.05, 0.1) is 12.3 Å². The smallest absolute Gasteiger partial charge is 0.243 e. The summed E-state index contributed by atoms with van der Waals surface area (Å²) in [5, 5.41) is 10.0. The molecule has 39 heavy (non-hydrogen) atoms. The molecule has 3 N–H and O–H groups in total. The number of amides is 1. The van der Waals surface area contributed by atoms with Crippen LogP contribution in [0.5, 0.6) is 5.75 Å². The molecule has 1 fully saturated rings. The molecular weight excluding hydrogens is 488 g/mol. The highest BCUT2D eigenvalue weighted by molar-refractivity contribution is 5.87. The summed E-state index contributed by atoms with van der Waals surface area (Å²) in [6.07, 6.45) is 10.3. The SMILES string of the molecule is C=CC(=O)NC1CC(CNc2cc3cc(c2)Nc2nccc(n2)-c2cccc(c2)OCC/C=C/CN(C)C3)C1. The van der Waals surface area contributed by atoms with Crippen LogP contribution in [0, 0.1) is 5.92 Å². The van der Waals surface area contributed by atoms with Gasteiger partial charge in [-0.05, 0) is 80.3 Å². The predicted molar refractivity (Wildman–Crippen MR) is 156 cm³/mol. The maximum absolute atomic E-state index is 11.5. The van der Waals surface area contributed by atoms with Gasteiger partial charge in [0.15, 0.2) is 0 Å². The van der Waals surface area contributed by atoms with Gasteiger partial charge < -0.3 is 20.7 Å². The number of anilines is 3. The Morgan fingerprint density at radius 2 is 2.10 bits per heavy atom. The van der Waals surface area contributed by atoms with Gasteiger partial charge >= 0.3 is 0 Å². The predicted octanol–water partition coefficient (Wildman–Crippen LogP) is 5.15. The molecule has 1 amide bonds. The van der Waals surface area contributed by atoms with Crippen molar-refractivity contribution in [3.05, 3.63) is 85.1 Å². The Hall–Kier alpha value is -4.17. The molecule has 0 radical (unpaired) electrons. The number of nitrogens with zero attached hydrogens (tertiary/aromatic N) is 3. The van der Waals surface area contributed by atoms with E-state index in [0.29, 0.717) is 18.5 Å². The minimum atomic E-state index is -0.0988. The standard InChI is InChI=1S/C31H36N6O2/c1-3-30(38)34-26-14-22(15-26)20-33-25-16-23-17-27(19-25)35-31-32-11-10-29(36-31)24-8-7-9-28(18-24)39-13-6-4-5-12-37(2)21-23/h3-5,7-11,16-19,22,26,33H,1,6,12-15,20-21H2,2H3,(H,34,38)(H,32,35,36)/b5-4+. The van der Waals surface area contributed by atoms with E-state index in [1.165, 1.54) is 11.6 Å². The van der Waals surface area contributed by atoms with Crippen molar-refractivity contribution in [3.8, 4) is 17.0 Å². The Balaban J connectivity index is 1.35. The molecule has 0 atom stereocenters. The van der Waals surface area contributed by atoms with Crippen molar-refractivity contribution in [2.24, 2.45) is 5.92 Å².